The predicted octanol–water partition coefficient (Wildman–Crippen LogP) is 4.37. The Labute approximate surface area is 144 Å². The maximum absolute atomic E-state index is 13.0. The zero-order valence-electron chi connectivity index (χ0n) is 13.9. The second-order valence-corrected chi connectivity index (χ2v) is 6.75. The van der Waals surface area contributed by atoms with Crippen LogP contribution in [-0.4, -0.2) is 22.9 Å². The molecular weight excluding hydrogens is 322 g/mol. The average Bonchev–Trinajstić information content (AvgIpc) is 3.17. The van der Waals surface area contributed by atoms with Crippen molar-refractivity contribution in [3.63, 3.8) is 0 Å². The summed E-state index contributed by atoms with van der Waals surface area (Å²) in [5, 5.41) is 2.84. The van der Waals surface area contributed by atoms with Crippen molar-refractivity contribution in [3.05, 3.63) is 57.9 Å². The van der Waals surface area contributed by atoms with Gasteiger partial charge >= 0.3 is 5.97 Å². The molecule has 0 saturated carbocycles. The summed E-state index contributed by atoms with van der Waals surface area (Å²) in [5.41, 5.74) is 2.60. The Morgan fingerprint density at radius 3 is 2.62 bits per heavy atom. The summed E-state index contributed by atoms with van der Waals surface area (Å²) in [5.74, 6) is -0.261. The Balaban J connectivity index is 2.12. The van der Waals surface area contributed by atoms with E-state index < -0.39 is 0 Å². The van der Waals surface area contributed by atoms with Crippen LogP contribution in [0.2, 0.25) is 0 Å². The van der Waals surface area contributed by atoms with Crippen molar-refractivity contribution < 1.29 is 14.3 Å². The van der Waals surface area contributed by atoms with Gasteiger partial charge in [-0.05, 0) is 31.4 Å². The zero-order valence-corrected chi connectivity index (χ0v) is 14.7. The lowest BCUT2D eigenvalue weighted by Gasteiger charge is -2.17. The minimum absolute atomic E-state index is 0.0390. The number of benzene rings is 1. The van der Waals surface area contributed by atoms with E-state index in [9.17, 15) is 9.59 Å². The Kier molecular flexibility index (Phi) is 4.53. The maximum Gasteiger partial charge on any atom is 0.302 e. The molecule has 0 saturated heterocycles. The van der Waals surface area contributed by atoms with Gasteiger partial charge in [-0.2, -0.15) is 0 Å². The fourth-order valence-corrected chi connectivity index (χ4v) is 3.76. The number of thiophene rings is 1. The molecule has 1 atom stereocenters. The van der Waals surface area contributed by atoms with Gasteiger partial charge in [0.1, 0.15) is 6.61 Å². The number of nitrogens with zero attached hydrogens (tertiary/aromatic N) is 1. The van der Waals surface area contributed by atoms with Crippen LogP contribution in [-0.2, 0) is 9.53 Å². The maximum atomic E-state index is 13.0. The molecule has 0 aliphatic heterocycles. The number of esters is 1. The van der Waals surface area contributed by atoms with Crippen LogP contribution < -0.4 is 0 Å². The molecule has 0 radical (unpaired) electrons. The topological polar surface area (TPSA) is 48.3 Å². The molecule has 0 spiro atoms. The van der Waals surface area contributed by atoms with Crippen molar-refractivity contribution in [2.45, 2.75) is 26.8 Å². The lowest BCUT2D eigenvalue weighted by molar-refractivity contribution is -0.141. The third-order valence-electron chi connectivity index (χ3n) is 4.10. The van der Waals surface area contributed by atoms with Crippen molar-refractivity contribution in [1.29, 1.82) is 0 Å². The van der Waals surface area contributed by atoms with Crippen LogP contribution in [0.3, 0.4) is 0 Å². The first kappa shape index (κ1) is 16.5. The van der Waals surface area contributed by atoms with Crippen LogP contribution in [0.25, 0.3) is 10.9 Å². The molecule has 0 bridgehead atoms. The lowest BCUT2D eigenvalue weighted by atomic mass is 10.1. The summed E-state index contributed by atoms with van der Waals surface area (Å²) < 4.78 is 7.24. The highest BCUT2D eigenvalue weighted by Crippen LogP contribution is 2.31. The summed E-state index contributed by atoms with van der Waals surface area (Å²) in [7, 11) is 0. The molecule has 3 rings (SSSR count). The normalized spacial score (nSPS) is 12.3. The average molecular weight is 341 g/mol. The highest BCUT2D eigenvalue weighted by Gasteiger charge is 2.23. The molecule has 0 amide bonds. The zero-order chi connectivity index (χ0) is 17.3. The van der Waals surface area contributed by atoms with Gasteiger partial charge in [0.15, 0.2) is 0 Å². The van der Waals surface area contributed by atoms with Crippen LogP contribution in [0.4, 0.5) is 0 Å². The molecule has 0 fully saturated rings. The second kappa shape index (κ2) is 6.61. The largest absolute Gasteiger partial charge is 0.464 e. The first-order chi connectivity index (χ1) is 11.5. The van der Waals surface area contributed by atoms with Crippen LogP contribution >= 0.6 is 11.3 Å². The Morgan fingerprint density at radius 1 is 1.21 bits per heavy atom. The molecule has 1 aromatic carbocycles. The molecule has 2 heterocycles. The van der Waals surface area contributed by atoms with Gasteiger partial charge in [0, 0.05) is 23.5 Å². The minimum atomic E-state index is -0.300. The third kappa shape index (κ3) is 2.87. The molecule has 5 heteroatoms. The first-order valence-electron chi connectivity index (χ1n) is 7.81. The second-order valence-electron chi connectivity index (χ2n) is 5.81. The van der Waals surface area contributed by atoms with Gasteiger partial charge in [0.2, 0.25) is 5.78 Å². The van der Waals surface area contributed by atoms with Crippen molar-refractivity contribution >= 4 is 34.0 Å². The lowest BCUT2D eigenvalue weighted by Crippen LogP contribution is -2.16. The Hall–Kier alpha value is -2.40. The van der Waals surface area contributed by atoms with Crippen molar-refractivity contribution in [2.75, 3.05) is 6.61 Å². The Morgan fingerprint density at radius 2 is 1.96 bits per heavy atom. The summed E-state index contributed by atoms with van der Waals surface area (Å²) in [6.07, 6.45) is 0. The van der Waals surface area contributed by atoms with E-state index in [1.807, 2.05) is 55.6 Å². The summed E-state index contributed by atoms with van der Waals surface area (Å²) in [6, 6.07) is 11.5. The SMILES string of the molecule is CC(=O)OCC(C)n1c(C)c(C(=O)c2cccs2)c2ccccc21. The molecule has 1 unspecified atom stereocenters. The van der Waals surface area contributed by atoms with E-state index in [0.29, 0.717) is 0 Å². The quantitative estimate of drug-likeness (QED) is 0.511. The van der Waals surface area contributed by atoms with Crippen LogP contribution in [0.5, 0.6) is 0 Å². The highest BCUT2D eigenvalue weighted by molar-refractivity contribution is 7.12. The van der Waals surface area contributed by atoms with Gasteiger partial charge in [0.05, 0.1) is 16.5 Å². The molecule has 124 valence electrons. The molecule has 0 aliphatic rings. The molecule has 4 nitrogen and oxygen atoms in total. The van der Waals surface area contributed by atoms with E-state index in [0.717, 1.165) is 27.0 Å². The van der Waals surface area contributed by atoms with Crippen LogP contribution in [0.15, 0.2) is 41.8 Å². The predicted molar refractivity (Wildman–Crippen MR) is 95.8 cm³/mol. The summed E-state index contributed by atoms with van der Waals surface area (Å²) in [4.78, 5) is 24.8. The number of hydrogen-bond acceptors (Lipinski definition) is 4. The van der Waals surface area contributed by atoms with Gasteiger partial charge < -0.3 is 9.30 Å². The van der Waals surface area contributed by atoms with Gasteiger partial charge in [0.25, 0.3) is 0 Å². The molecule has 2 aromatic heterocycles. The number of rotatable bonds is 5. The molecule has 0 aliphatic carbocycles. The first-order valence-corrected chi connectivity index (χ1v) is 8.69. The van der Waals surface area contributed by atoms with Crippen molar-refractivity contribution in [3.8, 4) is 0 Å². The van der Waals surface area contributed by atoms with E-state index in [1.165, 1.54) is 18.3 Å². The molecule has 24 heavy (non-hydrogen) atoms. The van der Waals surface area contributed by atoms with E-state index in [1.54, 1.807) is 0 Å². The van der Waals surface area contributed by atoms with Gasteiger partial charge in [-0.3, -0.25) is 9.59 Å². The standard InChI is InChI=1S/C19H19NO3S/c1-12(11-23-14(3)21)20-13(2)18(15-7-4-5-8-16(15)20)19(22)17-9-6-10-24-17/h4-10,12H,11H2,1-3H3. The van der Waals surface area contributed by atoms with Crippen molar-refractivity contribution in [2.24, 2.45) is 0 Å². The number of ether oxygens (including phenoxy) is 1. The minimum Gasteiger partial charge on any atom is -0.464 e. The number of fused-ring (bicyclic) bond motifs is 1. The number of ketones is 1. The van der Waals surface area contributed by atoms with E-state index in [4.69, 9.17) is 4.74 Å². The number of aromatic nitrogens is 1. The third-order valence-corrected chi connectivity index (χ3v) is 4.97. The van der Waals surface area contributed by atoms with Crippen LogP contribution in [0.1, 0.15) is 40.8 Å². The van der Waals surface area contributed by atoms with Gasteiger partial charge in [-0.15, -0.1) is 11.3 Å². The summed E-state index contributed by atoms with van der Waals surface area (Å²) >= 11 is 1.45. The van der Waals surface area contributed by atoms with E-state index >= 15 is 0 Å². The molecule has 0 N–H and O–H groups in total. The summed E-state index contributed by atoms with van der Waals surface area (Å²) in [6.45, 7) is 5.62. The van der Waals surface area contributed by atoms with E-state index in [2.05, 4.69) is 4.57 Å². The fraction of sp³-hybridized carbons (Fsp3) is 0.263. The number of hydrogen-bond donors (Lipinski definition) is 0. The molecule has 3 aromatic rings. The van der Waals surface area contributed by atoms with Crippen molar-refractivity contribution in [1.82, 2.24) is 4.57 Å². The number of carbonyl (C=O) groups is 2. The highest BCUT2D eigenvalue weighted by atomic mass is 32.1. The molecular formula is C19H19NO3S. The number of para-hydroxylation sites is 1. The Bertz CT molecular complexity index is 893. The number of carbonyl (C=O) groups excluding carboxylic acids is 2. The smallest absolute Gasteiger partial charge is 0.302 e. The monoisotopic (exact) mass is 341 g/mol. The van der Waals surface area contributed by atoms with Gasteiger partial charge in [-0.25, -0.2) is 0 Å². The van der Waals surface area contributed by atoms with E-state index in [-0.39, 0.29) is 24.4 Å². The van der Waals surface area contributed by atoms with Gasteiger partial charge in [-0.1, -0.05) is 24.3 Å². The fourth-order valence-electron chi connectivity index (χ4n) is 3.09. The van der Waals surface area contributed by atoms with Crippen LogP contribution in [0, 0.1) is 6.92 Å².